The average molecular weight is 538 g/mol. The van der Waals surface area contributed by atoms with E-state index in [-0.39, 0.29) is 11.7 Å². The quantitative estimate of drug-likeness (QED) is 0.177. The molecule has 0 bridgehead atoms. The highest BCUT2D eigenvalue weighted by Crippen LogP contribution is 2.26. The minimum Gasteiger partial charge on any atom is -0.489 e. The van der Waals surface area contributed by atoms with Gasteiger partial charge in [0.05, 0.1) is 5.52 Å². The van der Waals surface area contributed by atoms with Crippen molar-refractivity contribution in [2.45, 2.75) is 13.2 Å². The van der Waals surface area contributed by atoms with E-state index in [0.717, 1.165) is 16.5 Å². The molecule has 0 aliphatic heterocycles. The number of aromatic nitrogens is 1. The first-order chi connectivity index (χ1) is 20.2. The minimum absolute atomic E-state index is 0.160. The first-order valence-corrected chi connectivity index (χ1v) is 13.4. The molecule has 5 nitrogen and oxygen atoms in total. The topological polar surface area (TPSA) is 57.5 Å². The highest BCUT2D eigenvalue weighted by Gasteiger charge is 2.20. The molecule has 0 fully saturated rings. The van der Waals surface area contributed by atoms with Crippen molar-refractivity contribution in [3.63, 3.8) is 0 Å². The molecule has 6 rings (SSSR count). The Morgan fingerprint density at radius 2 is 1.02 bits per heavy atom. The average Bonchev–Trinajstić information content (AvgIpc) is 3.43. The summed E-state index contributed by atoms with van der Waals surface area (Å²) in [5.41, 5.74) is 4.30. The van der Waals surface area contributed by atoms with Gasteiger partial charge in [-0.15, -0.1) is 0 Å². The molecule has 1 heterocycles. The van der Waals surface area contributed by atoms with Gasteiger partial charge in [-0.05, 0) is 65.7 Å². The third-order valence-corrected chi connectivity index (χ3v) is 6.89. The van der Waals surface area contributed by atoms with Crippen LogP contribution < -0.4 is 9.47 Å². The van der Waals surface area contributed by atoms with Crippen LogP contribution in [0, 0.1) is 0 Å². The number of hydrogen-bond donors (Lipinski definition) is 0. The van der Waals surface area contributed by atoms with Crippen LogP contribution in [0.25, 0.3) is 10.9 Å². The molecular weight excluding hydrogens is 510 g/mol. The monoisotopic (exact) mass is 537 g/mol. The van der Waals surface area contributed by atoms with Crippen molar-refractivity contribution in [1.82, 2.24) is 4.57 Å². The number of carbonyl (C=O) groups is 2. The van der Waals surface area contributed by atoms with E-state index in [4.69, 9.17) is 9.47 Å². The Balaban J connectivity index is 1.19. The summed E-state index contributed by atoms with van der Waals surface area (Å²) in [4.78, 5) is 27.1. The van der Waals surface area contributed by atoms with E-state index in [9.17, 15) is 9.59 Å². The maximum atomic E-state index is 13.6. The molecule has 0 atom stereocenters. The third-order valence-electron chi connectivity index (χ3n) is 6.89. The van der Waals surface area contributed by atoms with Gasteiger partial charge in [-0.2, -0.15) is 0 Å². The van der Waals surface area contributed by atoms with Crippen LogP contribution in [0.1, 0.15) is 37.4 Å². The van der Waals surface area contributed by atoms with Gasteiger partial charge in [0.1, 0.15) is 24.7 Å². The fourth-order valence-corrected chi connectivity index (χ4v) is 4.70. The van der Waals surface area contributed by atoms with Crippen molar-refractivity contribution in [2.24, 2.45) is 0 Å². The predicted molar refractivity (Wildman–Crippen MR) is 160 cm³/mol. The number of benzene rings is 5. The van der Waals surface area contributed by atoms with Crippen LogP contribution in [0.3, 0.4) is 0 Å². The zero-order chi connectivity index (χ0) is 28.0. The molecule has 5 aromatic carbocycles. The standard InChI is InChI=1S/C36H27NO4/c38-35(28-15-19-30(20-16-28)40-24-26-9-3-1-4-10-26)33-23-37(34-14-8-7-13-32(33)34)36(39)29-17-21-31(22-18-29)41-25-27-11-5-2-6-12-27/h1-23H,24-25H2. The highest BCUT2D eigenvalue weighted by molar-refractivity contribution is 6.18. The van der Waals surface area contributed by atoms with Gasteiger partial charge in [-0.1, -0.05) is 78.9 Å². The van der Waals surface area contributed by atoms with Crippen LogP contribution in [-0.2, 0) is 13.2 Å². The number of carbonyl (C=O) groups excluding carboxylic acids is 2. The van der Waals surface area contributed by atoms with Gasteiger partial charge in [0.15, 0.2) is 5.78 Å². The van der Waals surface area contributed by atoms with E-state index in [0.29, 0.717) is 46.9 Å². The molecule has 0 unspecified atom stereocenters. The van der Waals surface area contributed by atoms with Gasteiger partial charge in [-0.3, -0.25) is 14.2 Å². The molecule has 0 saturated carbocycles. The maximum absolute atomic E-state index is 13.6. The summed E-state index contributed by atoms with van der Waals surface area (Å²) >= 11 is 0. The van der Waals surface area contributed by atoms with Gasteiger partial charge in [0, 0.05) is 28.3 Å². The Morgan fingerprint density at radius 3 is 1.59 bits per heavy atom. The third kappa shape index (κ3) is 5.80. The number of rotatable bonds is 9. The van der Waals surface area contributed by atoms with Crippen molar-refractivity contribution < 1.29 is 19.1 Å². The largest absolute Gasteiger partial charge is 0.489 e. The summed E-state index contributed by atoms with van der Waals surface area (Å²) in [5.74, 6) is 0.973. The normalized spacial score (nSPS) is 10.8. The second-order valence-electron chi connectivity index (χ2n) is 9.66. The molecule has 0 aliphatic carbocycles. The molecule has 0 amide bonds. The zero-order valence-corrected chi connectivity index (χ0v) is 22.3. The van der Waals surface area contributed by atoms with Gasteiger partial charge in [0.2, 0.25) is 0 Å². The van der Waals surface area contributed by atoms with E-state index in [1.807, 2.05) is 84.9 Å². The Morgan fingerprint density at radius 1 is 0.537 bits per heavy atom. The van der Waals surface area contributed by atoms with Crippen LogP contribution >= 0.6 is 0 Å². The molecule has 1 aromatic heterocycles. The van der Waals surface area contributed by atoms with Gasteiger partial charge >= 0.3 is 0 Å². The molecule has 0 spiro atoms. The first kappa shape index (κ1) is 25.8. The summed E-state index contributed by atoms with van der Waals surface area (Å²) in [6.45, 7) is 0.895. The second kappa shape index (κ2) is 11.8. The lowest BCUT2D eigenvalue weighted by atomic mass is 10.0. The van der Waals surface area contributed by atoms with Crippen LogP contribution in [-0.4, -0.2) is 16.3 Å². The Labute approximate surface area is 238 Å². The predicted octanol–water partition coefficient (Wildman–Crippen LogP) is 7.72. The van der Waals surface area contributed by atoms with Crippen LogP contribution in [0.4, 0.5) is 0 Å². The lowest BCUT2D eigenvalue weighted by molar-refractivity contribution is 0.0965. The number of ether oxygens (including phenoxy) is 2. The molecule has 5 heteroatoms. The number of ketones is 1. The van der Waals surface area contributed by atoms with Gasteiger partial charge in [-0.25, -0.2) is 0 Å². The summed E-state index contributed by atoms with van der Waals surface area (Å²) in [6.07, 6.45) is 1.63. The Kier molecular flexibility index (Phi) is 7.41. The van der Waals surface area contributed by atoms with E-state index in [1.54, 1.807) is 59.3 Å². The molecule has 0 radical (unpaired) electrons. The lowest BCUT2D eigenvalue weighted by Gasteiger charge is -2.08. The van der Waals surface area contributed by atoms with Crippen LogP contribution in [0.5, 0.6) is 11.5 Å². The fourth-order valence-electron chi connectivity index (χ4n) is 4.70. The number of hydrogen-bond acceptors (Lipinski definition) is 4. The molecule has 200 valence electrons. The van der Waals surface area contributed by atoms with Crippen molar-refractivity contribution >= 4 is 22.6 Å². The van der Waals surface area contributed by atoms with Gasteiger partial charge in [0.25, 0.3) is 5.91 Å². The van der Waals surface area contributed by atoms with Gasteiger partial charge < -0.3 is 9.47 Å². The lowest BCUT2D eigenvalue weighted by Crippen LogP contribution is -2.11. The number of fused-ring (bicyclic) bond motifs is 1. The summed E-state index contributed by atoms with van der Waals surface area (Å²) in [7, 11) is 0. The molecule has 0 saturated heterocycles. The molecule has 6 aromatic rings. The van der Waals surface area contributed by atoms with Crippen molar-refractivity contribution in [3.8, 4) is 11.5 Å². The highest BCUT2D eigenvalue weighted by atomic mass is 16.5. The van der Waals surface area contributed by atoms with Crippen LogP contribution in [0.2, 0.25) is 0 Å². The molecule has 41 heavy (non-hydrogen) atoms. The molecule has 0 aliphatic rings. The zero-order valence-electron chi connectivity index (χ0n) is 22.3. The summed E-state index contributed by atoms with van der Waals surface area (Å²) < 4.78 is 13.3. The van der Waals surface area contributed by atoms with E-state index < -0.39 is 0 Å². The smallest absolute Gasteiger partial charge is 0.262 e. The molecular formula is C36H27NO4. The minimum atomic E-state index is -0.223. The first-order valence-electron chi connectivity index (χ1n) is 13.4. The SMILES string of the molecule is O=C(c1ccc(OCc2ccccc2)cc1)c1cn(C(=O)c2ccc(OCc3ccccc3)cc2)c2ccccc12. The van der Waals surface area contributed by atoms with Crippen molar-refractivity contribution in [3.05, 3.63) is 167 Å². The fraction of sp³-hybridized carbons (Fsp3) is 0.0556. The van der Waals surface area contributed by atoms with Crippen molar-refractivity contribution in [2.75, 3.05) is 0 Å². The summed E-state index contributed by atoms with van der Waals surface area (Å²) in [5, 5.41) is 0.720. The summed E-state index contributed by atoms with van der Waals surface area (Å²) in [6, 6.07) is 41.4. The Hall–Kier alpha value is -5.42. The maximum Gasteiger partial charge on any atom is 0.262 e. The van der Waals surface area contributed by atoms with E-state index in [1.165, 1.54) is 0 Å². The van der Waals surface area contributed by atoms with E-state index >= 15 is 0 Å². The number of nitrogens with zero attached hydrogens (tertiary/aromatic N) is 1. The Bertz CT molecular complexity index is 1660. The second-order valence-corrected chi connectivity index (χ2v) is 9.66. The molecule has 0 N–H and O–H groups in total. The van der Waals surface area contributed by atoms with E-state index in [2.05, 4.69) is 0 Å². The van der Waals surface area contributed by atoms with Crippen molar-refractivity contribution in [1.29, 1.82) is 0 Å². The number of para-hydroxylation sites is 1. The van der Waals surface area contributed by atoms with Crippen LogP contribution in [0.15, 0.2) is 140 Å².